The van der Waals surface area contributed by atoms with Crippen molar-refractivity contribution >= 4 is 17.9 Å². The Morgan fingerprint density at radius 1 is 1.07 bits per heavy atom. The minimum Gasteiger partial charge on any atom is -0.497 e. The van der Waals surface area contributed by atoms with E-state index in [1.165, 1.54) is 4.90 Å². The average Bonchev–Trinajstić information content (AvgIpc) is 3.25. The molecular formula is C22H29N5O3. The molecule has 8 heteroatoms. The number of hydrogen-bond acceptors (Lipinski definition) is 6. The number of imide groups is 1. The highest BCUT2D eigenvalue weighted by atomic mass is 16.5. The van der Waals surface area contributed by atoms with Crippen LogP contribution in [-0.4, -0.2) is 70.4 Å². The van der Waals surface area contributed by atoms with Gasteiger partial charge in [0.15, 0.2) is 12.2 Å². The van der Waals surface area contributed by atoms with E-state index in [0.29, 0.717) is 13.1 Å². The molecule has 1 saturated heterocycles. The number of allylic oxidation sites excluding steroid dienone is 2. The number of nitrogens with zero attached hydrogens (tertiary/aromatic N) is 5. The van der Waals surface area contributed by atoms with E-state index in [-0.39, 0.29) is 11.9 Å². The van der Waals surface area contributed by atoms with Gasteiger partial charge in [0.1, 0.15) is 5.75 Å². The van der Waals surface area contributed by atoms with Crippen molar-refractivity contribution in [2.24, 2.45) is 4.99 Å². The molecule has 1 aromatic rings. The van der Waals surface area contributed by atoms with Crippen LogP contribution in [0.4, 0.5) is 4.79 Å². The second-order valence-corrected chi connectivity index (χ2v) is 8.00. The Hall–Kier alpha value is -3.03. The maximum Gasteiger partial charge on any atom is 0.328 e. The molecule has 0 spiro atoms. The molecule has 0 aliphatic carbocycles. The summed E-state index contributed by atoms with van der Waals surface area (Å²) in [7, 11) is 3.38. The number of unbranched alkanes of at least 4 members (excludes halogenated alkanes) is 1. The third-order valence-electron chi connectivity index (χ3n) is 6.24. The number of hydrogen-bond donors (Lipinski definition) is 0. The minimum atomic E-state index is -0.504. The molecular weight excluding hydrogens is 382 g/mol. The number of ether oxygens (including phenoxy) is 1. The standard InChI is InChI=1S/C22H29N5O3/c1-6-7-12-25-20(28)18-19(24(4)22(25)29)23-21-26(14(2)15(3)27(18)21)13-16-8-10-17(30-5)11-9-16/h8-11,18-19H,6-7,12-13H2,1-5H3. The molecule has 0 N–H and O–H groups in total. The van der Waals surface area contributed by atoms with Gasteiger partial charge in [-0.2, -0.15) is 0 Å². The molecule has 30 heavy (non-hydrogen) atoms. The van der Waals surface area contributed by atoms with Crippen molar-refractivity contribution in [2.45, 2.75) is 52.4 Å². The molecule has 3 amide bonds. The summed E-state index contributed by atoms with van der Waals surface area (Å²) >= 11 is 0. The van der Waals surface area contributed by atoms with Crippen LogP contribution in [-0.2, 0) is 11.3 Å². The molecule has 3 aliphatic heterocycles. The molecule has 0 radical (unpaired) electrons. The highest BCUT2D eigenvalue weighted by Gasteiger charge is 2.55. The van der Waals surface area contributed by atoms with Crippen LogP contribution in [0.15, 0.2) is 40.7 Å². The van der Waals surface area contributed by atoms with Crippen molar-refractivity contribution in [3.05, 3.63) is 41.2 Å². The van der Waals surface area contributed by atoms with Crippen molar-refractivity contribution in [1.82, 2.24) is 19.6 Å². The zero-order valence-electron chi connectivity index (χ0n) is 18.3. The molecule has 4 rings (SSSR count). The Labute approximate surface area is 177 Å². The zero-order valence-corrected chi connectivity index (χ0v) is 18.3. The lowest BCUT2D eigenvalue weighted by molar-refractivity contribution is -0.136. The van der Waals surface area contributed by atoms with Gasteiger partial charge in [-0.25, -0.2) is 9.79 Å². The summed E-state index contributed by atoms with van der Waals surface area (Å²) in [6, 6.07) is 7.16. The number of aliphatic imine (C=N–C) groups is 1. The Kier molecular flexibility index (Phi) is 5.17. The van der Waals surface area contributed by atoms with Crippen molar-refractivity contribution in [2.75, 3.05) is 20.7 Å². The average molecular weight is 412 g/mol. The highest BCUT2D eigenvalue weighted by molar-refractivity contribution is 6.05. The number of rotatable bonds is 6. The maximum absolute atomic E-state index is 13.3. The third kappa shape index (κ3) is 3.02. The van der Waals surface area contributed by atoms with Crippen LogP contribution in [0.2, 0.25) is 0 Å². The summed E-state index contributed by atoms with van der Waals surface area (Å²) in [5.74, 6) is 1.39. The molecule has 2 unspecified atom stereocenters. The topological polar surface area (TPSA) is 68.7 Å². The number of likely N-dealkylation sites (N-methyl/N-ethyl adjacent to an activating group) is 1. The first kappa shape index (κ1) is 20.3. The van der Waals surface area contributed by atoms with Gasteiger partial charge in [0.2, 0.25) is 5.96 Å². The van der Waals surface area contributed by atoms with E-state index in [1.54, 1.807) is 19.1 Å². The number of carbonyl (C=O) groups excluding carboxylic acids is 2. The second kappa shape index (κ2) is 7.66. The second-order valence-electron chi connectivity index (χ2n) is 8.00. The largest absolute Gasteiger partial charge is 0.497 e. The fourth-order valence-corrected chi connectivity index (χ4v) is 4.31. The van der Waals surface area contributed by atoms with Crippen molar-refractivity contribution < 1.29 is 14.3 Å². The number of guanidine groups is 1. The van der Waals surface area contributed by atoms with E-state index in [4.69, 9.17) is 9.73 Å². The van der Waals surface area contributed by atoms with Gasteiger partial charge in [-0.1, -0.05) is 25.5 Å². The molecule has 0 saturated carbocycles. The predicted molar refractivity (Wildman–Crippen MR) is 114 cm³/mol. The predicted octanol–water partition coefficient (Wildman–Crippen LogP) is 2.82. The Balaban J connectivity index is 1.63. The van der Waals surface area contributed by atoms with E-state index >= 15 is 0 Å². The quantitative estimate of drug-likeness (QED) is 0.720. The Morgan fingerprint density at radius 3 is 2.40 bits per heavy atom. The molecule has 8 nitrogen and oxygen atoms in total. The lowest BCUT2D eigenvalue weighted by Gasteiger charge is -2.40. The molecule has 160 valence electrons. The van der Waals surface area contributed by atoms with Crippen molar-refractivity contribution in [1.29, 1.82) is 0 Å². The summed E-state index contributed by atoms with van der Waals surface area (Å²) in [5, 5.41) is 0. The molecule has 0 bridgehead atoms. The van der Waals surface area contributed by atoms with Crippen LogP contribution >= 0.6 is 0 Å². The first-order valence-electron chi connectivity index (χ1n) is 10.4. The molecule has 0 aromatic heterocycles. The molecule has 1 aromatic carbocycles. The minimum absolute atomic E-state index is 0.159. The van der Waals surface area contributed by atoms with E-state index in [9.17, 15) is 9.59 Å². The lowest BCUT2D eigenvalue weighted by Crippen LogP contribution is -2.64. The van der Waals surface area contributed by atoms with Gasteiger partial charge in [0.05, 0.1) is 13.7 Å². The van der Waals surface area contributed by atoms with Gasteiger partial charge >= 0.3 is 6.03 Å². The number of amides is 3. The van der Waals surface area contributed by atoms with Crippen LogP contribution < -0.4 is 4.74 Å². The van der Waals surface area contributed by atoms with Crippen LogP contribution in [0.3, 0.4) is 0 Å². The summed E-state index contributed by atoms with van der Waals surface area (Å²) in [6.07, 6.45) is 1.22. The Bertz CT molecular complexity index is 923. The molecule has 1 fully saturated rings. The van der Waals surface area contributed by atoms with Crippen LogP contribution in [0.5, 0.6) is 5.75 Å². The summed E-state index contributed by atoms with van der Waals surface area (Å²) in [6.45, 7) is 7.19. The monoisotopic (exact) mass is 411 g/mol. The number of urea groups is 1. The lowest BCUT2D eigenvalue weighted by atomic mass is 10.1. The van der Waals surface area contributed by atoms with Gasteiger partial charge < -0.3 is 14.5 Å². The summed E-state index contributed by atoms with van der Waals surface area (Å²) < 4.78 is 5.25. The van der Waals surface area contributed by atoms with Gasteiger partial charge in [-0.15, -0.1) is 0 Å². The van der Waals surface area contributed by atoms with Crippen molar-refractivity contribution in [3.63, 3.8) is 0 Å². The normalized spacial score (nSPS) is 23.3. The molecule has 3 aliphatic rings. The number of fused-ring (bicyclic) bond motifs is 3. The van der Waals surface area contributed by atoms with Gasteiger partial charge in [-0.05, 0) is 38.0 Å². The van der Waals surface area contributed by atoms with Gasteiger partial charge in [-0.3, -0.25) is 14.6 Å². The molecule has 3 heterocycles. The smallest absolute Gasteiger partial charge is 0.328 e. The number of benzene rings is 1. The SMILES string of the molecule is CCCCN1C(=O)C2C(N=C3N(Cc4ccc(OC)cc4)C(C)=C(C)N32)N(C)C1=O. The van der Waals surface area contributed by atoms with E-state index in [2.05, 4.69) is 11.8 Å². The fraction of sp³-hybridized carbons (Fsp3) is 0.500. The highest BCUT2D eigenvalue weighted by Crippen LogP contribution is 2.38. The fourth-order valence-electron chi connectivity index (χ4n) is 4.31. The van der Waals surface area contributed by atoms with Crippen LogP contribution in [0.25, 0.3) is 0 Å². The van der Waals surface area contributed by atoms with E-state index in [0.717, 1.165) is 41.5 Å². The van der Waals surface area contributed by atoms with E-state index < -0.39 is 12.2 Å². The number of methoxy groups -OCH3 is 1. The first-order chi connectivity index (χ1) is 14.4. The van der Waals surface area contributed by atoms with Gasteiger partial charge in [0.25, 0.3) is 5.91 Å². The van der Waals surface area contributed by atoms with E-state index in [1.807, 2.05) is 43.0 Å². The number of carbonyl (C=O) groups is 2. The van der Waals surface area contributed by atoms with Crippen LogP contribution in [0.1, 0.15) is 39.2 Å². The zero-order chi connectivity index (χ0) is 21.6. The summed E-state index contributed by atoms with van der Waals surface area (Å²) in [4.78, 5) is 38.1. The Morgan fingerprint density at radius 2 is 1.77 bits per heavy atom. The summed E-state index contributed by atoms with van der Waals surface area (Å²) in [5.41, 5.74) is 3.18. The maximum atomic E-state index is 13.3. The third-order valence-corrected chi connectivity index (χ3v) is 6.24. The molecule has 2 atom stereocenters. The first-order valence-corrected chi connectivity index (χ1v) is 10.4. The van der Waals surface area contributed by atoms with Crippen molar-refractivity contribution in [3.8, 4) is 5.75 Å². The van der Waals surface area contributed by atoms with Gasteiger partial charge in [0, 0.05) is 25.0 Å². The van der Waals surface area contributed by atoms with Crippen LogP contribution in [0, 0.1) is 0 Å².